The quantitative estimate of drug-likeness (QED) is 0.500. The number of sulfonamides is 1. The van der Waals surface area contributed by atoms with Crippen LogP contribution in [-0.4, -0.2) is 31.3 Å². The van der Waals surface area contributed by atoms with Crippen LogP contribution in [-0.2, 0) is 15.3 Å². The van der Waals surface area contributed by atoms with Gasteiger partial charge < -0.3 is 5.73 Å². The Hall–Kier alpha value is -1.33. The van der Waals surface area contributed by atoms with Gasteiger partial charge in [0, 0.05) is 7.05 Å². The molecule has 0 aromatic heterocycles. The molecular formula is C10H9F5N2O2S2. The second-order valence-corrected chi connectivity index (χ2v) is 6.58. The number of thiocarbonyl (C=S) groups is 1. The van der Waals surface area contributed by atoms with Crippen molar-refractivity contribution in [3.8, 4) is 0 Å². The summed E-state index contributed by atoms with van der Waals surface area (Å²) in [5.74, 6) is -6.20. The number of hydrogen-bond donors (Lipinski definition) is 1. The highest BCUT2D eigenvalue weighted by Crippen LogP contribution is 2.38. The second kappa shape index (κ2) is 5.81. The molecule has 0 bridgehead atoms. The van der Waals surface area contributed by atoms with Crippen molar-refractivity contribution in [3.63, 3.8) is 0 Å². The number of rotatable bonds is 5. The largest absolute Gasteiger partial charge is 0.392 e. The monoisotopic (exact) mass is 348 g/mol. The summed E-state index contributed by atoms with van der Waals surface area (Å²) in [6, 6.07) is 0.352. The molecule has 4 nitrogen and oxygen atoms in total. The van der Waals surface area contributed by atoms with E-state index in [1.54, 1.807) is 0 Å². The molecule has 2 N–H and O–H groups in total. The Labute approximate surface area is 122 Å². The van der Waals surface area contributed by atoms with E-state index in [1.165, 1.54) is 0 Å². The van der Waals surface area contributed by atoms with E-state index in [2.05, 4.69) is 12.2 Å². The molecule has 0 saturated carbocycles. The third-order valence-electron chi connectivity index (χ3n) is 2.46. The first-order valence-electron chi connectivity index (χ1n) is 5.19. The molecule has 0 aliphatic heterocycles. The summed E-state index contributed by atoms with van der Waals surface area (Å²) >= 11 is 4.39. The average Bonchev–Trinajstić information content (AvgIpc) is 2.34. The maximum Gasteiger partial charge on any atom is 0.387 e. The summed E-state index contributed by atoms with van der Waals surface area (Å²) in [7, 11) is -4.70. The van der Waals surface area contributed by atoms with Gasteiger partial charge >= 0.3 is 5.25 Å². The summed E-state index contributed by atoms with van der Waals surface area (Å²) in [5, 5.41) is -4.83. The topological polar surface area (TPSA) is 63.4 Å². The number of nitrogens with two attached hydrogens (primary N) is 1. The smallest absolute Gasteiger partial charge is 0.387 e. The van der Waals surface area contributed by atoms with Gasteiger partial charge in [0.1, 0.15) is 0 Å². The summed E-state index contributed by atoms with van der Waals surface area (Å²) < 4.78 is 90.5. The van der Waals surface area contributed by atoms with E-state index in [-0.39, 0.29) is 16.4 Å². The molecule has 0 fully saturated rings. The minimum atomic E-state index is -5.44. The van der Waals surface area contributed by atoms with Crippen molar-refractivity contribution in [1.82, 2.24) is 4.31 Å². The van der Waals surface area contributed by atoms with Gasteiger partial charge in [-0.1, -0.05) is 12.2 Å². The Bertz CT molecular complexity index is 678. The third kappa shape index (κ3) is 3.14. The Morgan fingerprint density at radius 3 is 2.29 bits per heavy atom. The van der Waals surface area contributed by atoms with Crippen LogP contribution in [0.15, 0.2) is 12.1 Å². The molecule has 0 radical (unpaired) electrons. The standard InChI is InChI=1S/C10H9F5N2O2S2/c1-17(4-7(16)20)21(18,19)10(14,15)5-2-3-6(11)9(13)8(5)12/h2-3H,4H2,1H3,(H2,16,20). The molecule has 1 aromatic rings. The van der Waals surface area contributed by atoms with Gasteiger partial charge in [-0.25, -0.2) is 21.6 Å². The van der Waals surface area contributed by atoms with Gasteiger partial charge in [0.2, 0.25) is 0 Å². The van der Waals surface area contributed by atoms with Crippen LogP contribution in [0.3, 0.4) is 0 Å². The molecule has 0 amide bonds. The van der Waals surface area contributed by atoms with E-state index in [0.29, 0.717) is 0 Å². The number of benzene rings is 1. The molecule has 0 aliphatic carbocycles. The number of alkyl halides is 2. The molecule has 0 heterocycles. The van der Waals surface area contributed by atoms with Crippen LogP contribution >= 0.6 is 12.2 Å². The van der Waals surface area contributed by atoms with Crippen molar-refractivity contribution >= 4 is 27.2 Å². The zero-order chi connectivity index (χ0) is 16.6. The molecule has 0 atom stereocenters. The molecule has 0 saturated heterocycles. The molecule has 118 valence electrons. The van der Waals surface area contributed by atoms with Gasteiger partial charge in [0.05, 0.1) is 17.1 Å². The average molecular weight is 348 g/mol. The molecule has 0 unspecified atom stereocenters. The highest BCUT2D eigenvalue weighted by atomic mass is 32.2. The van der Waals surface area contributed by atoms with E-state index in [9.17, 15) is 30.4 Å². The SMILES string of the molecule is CN(CC(N)=S)S(=O)(=O)C(F)(F)c1ccc(F)c(F)c1F. The fourth-order valence-electron chi connectivity index (χ4n) is 1.39. The predicted octanol–water partition coefficient (Wildman–Crippen LogP) is 1.70. The minimum Gasteiger partial charge on any atom is -0.392 e. The third-order valence-corrected chi connectivity index (χ3v) is 4.41. The van der Waals surface area contributed by atoms with Crippen LogP contribution in [0.25, 0.3) is 0 Å². The molecule has 0 aliphatic rings. The number of likely N-dealkylation sites (N-methyl/N-ethyl adjacent to an activating group) is 1. The van der Waals surface area contributed by atoms with E-state index in [0.717, 1.165) is 7.05 Å². The molecule has 0 spiro atoms. The van der Waals surface area contributed by atoms with Gasteiger partial charge in [-0.2, -0.15) is 13.1 Å². The van der Waals surface area contributed by atoms with Crippen LogP contribution in [0.4, 0.5) is 22.0 Å². The molecule has 1 aromatic carbocycles. The molecule has 11 heteroatoms. The summed E-state index contributed by atoms with van der Waals surface area (Å²) in [6.45, 7) is -0.724. The lowest BCUT2D eigenvalue weighted by Crippen LogP contribution is -2.43. The van der Waals surface area contributed by atoms with Crippen molar-refractivity contribution in [2.75, 3.05) is 13.6 Å². The first kappa shape index (κ1) is 17.7. The van der Waals surface area contributed by atoms with Crippen molar-refractivity contribution in [1.29, 1.82) is 0 Å². The van der Waals surface area contributed by atoms with Crippen LogP contribution in [0.5, 0.6) is 0 Å². The van der Waals surface area contributed by atoms with Gasteiger partial charge in [-0.05, 0) is 12.1 Å². The lowest BCUT2D eigenvalue weighted by atomic mass is 10.2. The number of halogens is 5. The van der Waals surface area contributed by atoms with Gasteiger partial charge in [-0.3, -0.25) is 0 Å². The van der Waals surface area contributed by atoms with Crippen molar-refractivity contribution < 1.29 is 30.4 Å². The van der Waals surface area contributed by atoms with E-state index >= 15 is 0 Å². The zero-order valence-corrected chi connectivity index (χ0v) is 12.0. The summed E-state index contributed by atoms with van der Waals surface area (Å²) in [5.41, 5.74) is 3.23. The summed E-state index contributed by atoms with van der Waals surface area (Å²) in [6.07, 6.45) is 0. The van der Waals surface area contributed by atoms with E-state index in [1.807, 2.05) is 0 Å². The highest BCUT2D eigenvalue weighted by Gasteiger charge is 2.51. The lowest BCUT2D eigenvalue weighted by Gasteiger charge is -2.24. The van der Waals surface area contributed by atoms with E-state index in [4.69, 9.17) is 5.73 Å². The fourth-order valence-corrected chi connectivity index (χ4v) is 2.80. The number of nitrogens with zero attached hydrogens (tertiary/aromatic N) is 1. The van der Waals surface area contributed by atoms with Crippen LogP contribution in [0.1, 0.15) is 5.56 Å². The second-order valence-electron chi connectivity index (χ2n) is 3.97. The Kier molecular flexibility index (Phi) is 4.90. The number of hydrogen-bond acceptors (Lipinski definition) is 3. The first-order valence-corrected chi connectivity index (χ1v) is 7.03. The maximum absolute atomic E-state index is 14.0. The molecule has 21 heavy (non-hydrogen) atoms. The van der Waals surface area contributed by atoms with Gasteiger partial charge in [0.25, 0.3) is 10.0 Å². The van der Waals surface area contributed by atoms with Gasteiger partial charge in [0.15, 0.2) is 17.5 Å². The van der Waals surface area contributed by atoms with Crippen LogP contribution in [0, 0.1) is 17.5 Å². The van der Waals surface area contributed by atoms with Crippen LogP contribution in [0.2, 0.25) is 0 Å². The molecule has 1 rings (SSSR count). The Balaban J connectivity index is 3.40. The van der Waals surface area contributed by atoms with Crippen molar-refractivity contribution in [3.05, 3.63) is 35.1 Å². The summed E-state index contributed by atoms with van der Waals surface area (Å²) in [4.78, 5) is -0.400. The van der Waals surface area contributed by atoms with E-state index < -0.39 is 49.8 Å². The lowest BCUT2D eigenvalue weighted by molar-refractivity contribution is 0.0783. The normalized spacial score (nSPS) is 12.7. The fraction of sp³-hybridized carbons (Fsp3) is 0.300. The van der Waals surface area contributed by atoms with Crippen LogP contribution < -0.4 is 5.73 Å². The highest BCUT2D eigenvalue weighted by molar-refractivity contribution is 7.89. The first-order chi connectivity index (χ1) is 9.42. The van der Waals surface area contributed by atoms with Gasteiger partial charge in [-0.15, -0.1) is 0 Å². The zero-order valence-electron chi connectivity index (χ0n) is 10.4. The van der Waals surface area contributed by atoms with Crippen molar-refractivity contribution in [2.24, 2.45) is 5.73 Å². The Morgan fingerprint density at radius 2 is 1.81 bits per heavy atom. The predicted molar refractivity (Wildman–Crippen MR) is 68.5 cm³/mol. The molecular weight excluding hydrogens is 339 g/mol. The van der Waals surface area contributed by atoms with Crippen molar-refractivity contribution in [2.45, 2.75) is 5.25 Å². The maximum atomic E-state index is 14.0. The minimum absolute atomic E-state index is 0.0933. The Morgan fingerprint density at radius 1 is 1.29 bits per heavy atom.